The number of Topliss-reactive ketones (excluding diaryl/α,β-unsaturated/α-hetero) is 2. The Kier molecular flexibility index (Phi) is 22.4. The number of rotatable bonds is 17. The number of aryl methyl sites for hydroxylation is 5. The average Bonchev–Trinajstić information content (AvgIpc) is 4.53. The van der Waals surface area contributed by atoms with Gasteiger partial charge in [0.25, 0.3) is 0 Å². The largest absolute Gasteiger partial charge is 0.493 e. The molecule has 0 aliphatic heterocycles. The number of carbonyl (C=O) groups excluding carboxylic acids is 2. The van der Waals surface area contributed by atoms with Gasteiger partial charge in [0.1, 0.15) is 60.0 Å². The number of carbonyl (C=O) groups is 5. The van der Waals surface area contributed by atoms with E-state index in [4.69, 9.17) is 49.2 Å². The molecule has 10 aromatic heterocycles. The molecule has 0 amide bonds. The lowest BCUT2D eigenvalue weighted by molar-refractivity contribution is 0.0675. The van der Waals surface area contributed by atoms with E-state index in [1.807, 2.05) is 0 Å². The van der Waals surface area contributed by atoms with Crippen LogP contribution in [0.4, 0.5) is 8.78 Å². The first-order valence-electron chi connectivity index (χ1n) is 24.9. The SMILES string of the molecule is COc1cncnc1-c1cnn(C)c1C(=O)CO.COc1cncnc1-c1cnn(C)c1C(=O)O.COc1ncc(F)c(-c2cnn(C)c2C(=O)CO)n1.COc1ncc(F)c(-c2cnn(C)c2C(=O)O)n1.COc1nccc(-c2cnn(C)c2C(=O)O)n1. The minimum atomic E-state index is -1.22. The maximum absolute atomic E-state index is 13.8. The molecule has 464 valence electrons. The Morgan fingerprint density at radius 1 is 0.416 bits per heavy atom. The molecule has 0 saturated carbocycles. The van der Waals surface area contributed by atoms with Crippen LogP contribution in [-0.4, -0.2) is 203 Å². The fourth-order valence-corrected chi connectivity index (χ4v) is 7.84. The highest BCUT2D eigenvalue weighted by molar-refractivity contribution is 6.02. The van der Waals surface area contributed by atoms with Gasteiger partial charge in [-0.05, 0) is 6.07 Å². The van der Waals surface area contributed by atoms with Crippen LogP contribution in [0.25, 0.3) is 56.3 Å². The van der Waals surface area contributed by atoms with E-state index in [2.05, 4.69) is 75.3 Å². The lowest BCUT2D eigenvalue weighted by Crippen LogP contribution is -2.12. The number of aliphatic hydroxyl groups excluding tert-OH is 2. The van der Waals surface area contributed by atoms with Crippen molar-refractivity contribution in [2.75, 3.05) is 48.8 Å². The van der Waals surface area contributed by atoms with Gasteiger partial charge in [-0.2, -0.15) is 40.4 Å². The summed E-state index contributed by atoms with van der Waals surface area (Å²) in [5.74, 6) is -4.95. The molecule has 10 rings (SSSR count). The zero-order valence-corrected chi connectivity index (χ0v) is 48.4. The Bertz CT molecular complexity index is 4170. The summed E-state index contributed by atoms with van der Waals surface area (Å²) in [7, 11) is 14.8. The number of carboxylic acids is 3. The first kappa shape index (κ1) is 66.1. The molecule has 5 N–H and O–H groups in total. The van der Waals surface area contributed by atoms with Crippen molar-refractivity contribution in [3.63, 3.8) is 0 Å². The van der Waals surface area contributed by atoms with Gasteiger partial charge in [0.15, 0.2) is 40.2 Å². The van der Waals surface area contributed by atoms with Crippen molar-refractivity contribution < 1.29 is 82.0 Å². The third kappa shape index (κ3) is 15.3. The molecule has 10 heterocycles. The van der Waals surface area contributed by atoms with Crippen LogP contribution in [0, 0.1) is 11.6 Å². The predicted octanol–water partition coefficient (Wildman–Crippen LogP) is 2.15. The van der Waals surface area contributed by atoms with Crippen molar-refractivity contribution in [2.45, 2.75) is 0 Å². The van der Waals surface area contributed by atoms with Crippen LogP contribution in [0.5, 0.6) is 29.5 Å². The van der Waals surface area contributed by atoms with Gasteiger partial charge in [-0.1, -0.05) is 0 Å². The molecule has 0 atom stereocenters. The van der Waals surface area contributed by atoms with Crippen molar-refractivity contribution in [3.05, 3.63) is 121 Å². The van der Waals surface area contributed by atoms with Gasteiger partial charge in [0.05, 0.1) is 125 Å². The molecular formula is C52H52F2N20O15. The standard InChI is InChI=1S/C11H11FN4O3.C11H12N4O3.C10H9FN4O3.2C10H10N4O3/c1-16-10(8(18)5-17)6(3-14-16)9-7(12)4-13-11(15-9)19-2;1-15-11(8(17)5-16)7(3-14-15)10-9(18-2)4-12-6-13-10;1-15-8(9(16)17)5(3-13-15)7-6(11)4-12-10(14-7)18-2;1-14-9(10(15)16)6(3-13-14)8-7(17-2)4-11-5-12-8;1-14-8(9(15)16)6(5-12-14)7-3-4-11-10(13-7)17-2/h3-4,17H,5H2,1-2H3;3-4,6,16H,5H2,1-2H3;3-4H,1-2H3,(H,16,17);2*3-5H,1-2H3,(H,15,16). The third-order valence-corrected chi connectivity index (χ3v) is 11.8. The fraction of sp³-hybridized carbons (Fsp3) is 0.231. The Morgan fingerprint density at radius 3 is 1.10 bits per heavy atom. The van der Waals surface area contributed by atoms with Gasteiger partial charge in [-0.3, -0.25) is 33.0 Å². The topological polar surface area (TPSA) is 451 Å². The van der Waals surface area contributed by atoms with Crippen LogP contribution in [0.1, 0.15) is 52.4 Å². The van der Waals surface area contributed by atoms with Crippen LogP contribution < -0.4 is 23.7 Å². The second-order valence-corrected chi connectivity index (χ2v) is 17.1. The Hall–Kier alpha value is -12.0. The van der Waals surface area contributed by atoms with Crippen molar-refractivity contribution in [2.24, 2.45) is 35.2 Å². The molecule has 10 aromatic rings. The number of hydrogen-bond acceptors (Lipinski definition) is 27. The lowest BCUT2D eigenvalue weighted by atomic mass is 10.1. The molecule has 37 heteroatoms. The lowest BCUT2D eigenvalue weighted by Gasteiger charge is -2.06. The van der Waals surface area contributed by atoms with E-state index < -0.39 is 54.3 Å². The van der Waals surface area contributed by atoms with Crippen LogP contribution in [0.2, 0.25) is 0 Å². The Balaban J connectivity index is 0.000000177. The quantitative estimate of drug-likeness (QED) is 0.0815. The fourth-order valence-electron chi connectivity index (χ4n) is 7.84. The number of ether oxygens (including phenoxy) is 5. The molecule has 0 fully saturated rings. The van der Waals surface area contributed by atoms with Gasteiger partial charge in [-0.15, -0.1) is 0 Å². The molecule has 0 bridgehead atoms. The molecule has 0 aliphatic rings. The third-order valence-electron chi connectivity index (χ3n) is 11.8. The van der Waals surface area contributed by atoms with Crippen LogP contribution in [0.3, 0.4) is 0 Å². The van der Waals surface area contributed by atoms with Gasteiger partial charge >= 0.3 is 35.9 Å². The monoisotopic (exact) mass is 1230 g/mol. The highest BCUT2D eigenvalue weighted by atomic mass is 19.1. The highest BCUT2D eigenvalue weighted by Gasteiger charge is 2.26. The number of nitrogens with zero attached hydrogens (tertiary/aromatic N) is 20. The maximum atomic E-state index is 13.8. The van der Waals surface area contributed by atoms with Gasteiger partial charge in [0.2, 0.25) is 11.6 Å². The van der Waals surface area contributed by atoms with Crippen molar-refractivity contribution in [1.29, 1.82) is 0 Å². The number of halogens is 2. The Labute approximate surface area is 499 Å². The molecule has 89 heavy (non-hydrogen) atoms. The van der Waals surface area contributed by atoms with E-state index >= 15 is 0 Å². The van der Waals surface area contributed by atoms with Crippen molar-refractivity contribution >= 4 is 29.5 Å². The number of aromatic nitrogens is 20. The highest BCUT2D eigenvalue weighted by Crippen LogP contribution is 2.32. The summed E-state index contributed by atoms with van der Waals surface area (Å²) in [6.45, 7) is -1.28. The van der Waals surface area contributed by atoms with E-state index in [0.29, 0.717) is 45.3 Å². The molecule has 35 nitrogen and oxygen atoms in total. The smallest absolute Gasteiger partial charge is 0.354 e. The minimum Gasteiger partial charge on any atom is -0.493 e. The maximum Gasteiger partial charge on any atom is 0.354 e. The summed E-state index contributed by atoms with van der Waals surface area (Å²) < 4.78 is 58.4. The second-order valence-electron chi connectivity index (χ2n) is 17.1. The summed E-state index contributed by atoms with van der Waals surface area (Å²) in [6.07, 6.45) is 16.0. The molecule has 0 aromatic carbocycles. The number of carboxylic acid groups (broad SMARTS) is 3. The van der Waals surface area contributed by atoms with E-state index in [9.17, 15) is 32.8 Å². The average molecular weight is 1240 g/mol. The van der Waals surface area contributed by atoms with E-state index in [1.165, 1.54) is 131 Å². The van der Waals surface area contributed by atoms with Crippen LogP contribution >= 0.6 is 0 Å². The van der Waals surface area contributed by atoms with E-state index in [0.717, 1.165) is 17.1 Å². The number of hydrogen-bond donors (Lipinski definition) is 5. The van der Waals surface area contributed by atoms with Crippen LogP contribution in [-0.2, 0) is 35.2 Å². The van der Waals surface area contributed by atoms with Gasteiger partial charge in [0, 0.05) is 41.4 Å². The van der Waals surface area contributed by atoms with Gasteiger partial charge < -0.3 is 49.2 Å². The number of ketones is 2. The number of methoxy groups -OCH3 is 5. The zero-order chi connectivity index (χ0) is 65.2. The number of aromatic carboxylic acids is 3. The zero-order valence-electron chi connectivity index (χ0n) is 48.4. The summed E-state index contributed by atoms with van der Waals surface area (Å²) in [4.78, 5) is 95.2. The summed E-state index contributed by atoms with van der Waals surface area (Å²) in [5.41, 5.74) is 3.01. The predicted molar refractivity (Wildman–Crippen MR) is 298 cm³/mol. The van der Waals surface area contributed by atoms with Crippen molar-refractivity contribution in [3.8, 4) is 85.8 Å². The number of aliphatic hydroxyl groups is 2. The first-order valence-corrected chi connectivity index (χ1v) is 24.9. The summed E-state index contributed by atoms with van der Waals surface area (Å²) >= 11 is 0. The first-order chi connectivity index (χ1) is 42.6. The molecule has 0 saturated heterocycles. The molecule has 0 aliphatic carbocycles. The minimum absolute atomic E-state index is 0.0253. The van der Waals surface area contributed by atoms with E-state index in [-0.39, 0.29) is 69.0 Å². The van der Waals surface area contributed by atoms with E-state index in [1.54, 1.807) is 27.2 Å². The second kappa shape index (κ2) is 30.2. The summed E-state index contributed by atoms with van der Waals surface area (Å²) in [5, 5.41) is 64.6. The van der Waals surface area contributed by atoms with Crippen LogP contribution in [0.15, 0.2) is 80.7 Å². The van der Waals surface area contributed by atoms with Gasteiger partial charge in [-0.25, -0.2) is 58.1 Å². The normalized spacial score (nSPS) is 10.4. The molecule has 0 radical (unpaired) electrons. The van der Waals surface area contributed by atoms with Crippen molar-refractivity contribution in [1.82, 2.24) is 98.7 Å². The molecule has 0 spiro atoms. The molecular weight excluding hydrogens is 1180 g/mol. The molecule has 0 unspecified atom stereocenters. The summed E-state index contributed by atoms with van der Waals surface area (Å²) in [6, 6.07) is 1.71. The Morgan fingerprint density at radius 2 is 0.742 bits per heavy atom.